The molecule has 1 atom stereocenters. The van der Waals surface area contributed by atoms with E-state index in [9.17, 15) is 0 Å². The van der Waals surface area contributed by atoms with Gasteiger partial charge in [-0.2, -0.15) is 5.11 Å². The van der Waals surface area contributed by atoms with Crippen molar-refractivity contribution in [1.82, 2.24) is 15.0 Å². The molecule has 2 aromatic heterocycles. The lowest BCUT2D eigenvalue weighted by Crippen LogP contribution is -2.13. The third-order valence-corrected chi connectivity index (χ3v) is 3.50. The third kappa shape index (κ3) is 2.18. The van der Waals surface area contributed by atoms with Gasteiger partial charge in [-0.3, -0.25) is 9.97 Å². The van der Waals surface area contributed by atoms with Crippen LogP contribution in [-0.4, -0.2) is 22.8 Å². The standard InChI is InChI=1S/C15H10BN5/c16-13-8-18-15-14(19-13)12(20-21-15)7-9-3-4-11-10(6-9)2-1-5-17-11/h1-6,8,12H,7H2. The molecule has 0 fully saturated rings. The van der Waals surface area contributed by atoms with Crippen LogP contribution in [0.4, 0.5) is 5.82 Å². The lowest BCUT2D eigenvalue weighted by molar-refractivity contribution is 0.701. The Balaban J connectivity index is 1.67. The van der Waals surface area contributed by atoms with Crippen LogP contribution >= 0.6 is 0 Å². The lowest BCUT2D eigenvalue weighted by atomic mass is 10.0. The molecule has 0 spiro atoms. The number of pyridine rings is 1. The van der Waals surface area contributed by atoms with Crippen LogP contribution in [0.3, 0.4) is 0 Å². The molecule has 0 N–H and O–H groups in total. The van der Waals surface area contributed by atoms with Crippen molar-refractivity contribution in [3.05, 3.63) is 54.0 Å². The Morgan fingerprint density at radius 2 is 2.10 bits per heavy atom. The molecule has 2 radical (unpaired) electrons. The molecule has 1 aromatic carbocycles. The van der Waals surface area contributed by atoms with E-state index in [1.165, 1.54) is 6.20 Å². The van der Waals surface area contributed by atoms with Crippen LogP contribution in [-0.2, 0) is 6.42 Å². The molecule has 21 heavy (non-hydrogen) atoms. The van der Waals surface area contributed by atoms with Gasteiger partial charge in [0.05, 0.1) is 5.52 Å². The Kier molecular flexibility index (Phi) is 2.74. The highest BCUT2D eigenvalue weighted by molar-refractivity contribution is 6.30. The van der Waals surface area contributed by atoms with Crippen LogP contribution in [0.2, 0.25) is 0 Å². The Morgan fingerprint density at radius 1 is 1.14 bits per heavy atom. The van der Waals surface area contributed by atoms with Gasteiger partial charge < -0.3 is 0 Å². The van der Waals surface area contributed by atoms with Crippen molar-refractivity contribution in [2.24, 2.45) is 10.2 Å². The summed E-state index contributed by atoms with van der Waals surface area (Å²) in [4.78, 5) is 12.8. The molecule has 3 heterocycles. The van der Waals surface area contributed by atoms with Crippen molar-refractivity contribution in [2.75, 3.05) is 0 Å². The van der Waals surface area contributed by atoms with E-state index < -0.39 is 0 Å². The number of benzene rings is 1. The van der Waals surface area contributed by atoms with Gasteiger partial charge in [-0.15, -0.1) is 5.11 Å². The van der Waals surface area contributed by atoms with Crippen molar-refractivity contribution in [1.29, 1.82) is 0 Å². The molecular weight excluding hydrogens is 261 g/mol. The van der Waals surface area contributed by atoms with Crippen LogP contribution in [0.25, 0.3) is 10.9 Å². The number of hydrogen-bond acceptors (Lipinski definition) is 5. The van der Waals surface area contributed by atoms with Gasteiger partial charge in [0, 0.05) is 29.8 Å². The van der Waals surface area contributed by atoms with Crippen LogP contribution in [0.15, 0.2) is 53.0 Å². The molecule has 4 rings (SSSR count). The smallest absolute Gasteiger partial charge is 0.198 e. The fourth-order valence-corrected chi connectivity index (χ4v) is 2.50. The minimum absolute atomic E-state index is 0.120. The van der Waals surface area contributed by atoms with E-state index in [-0.39, 0.29) is 6.04 Å². The summed E-state index contributed by atoms with van der Waals surface area (Å²) in [6.07, 6.45) is 4.02. The largest absolute Gasteiger partial charge is 0.261 e. The fraction of sp³-hybridized carbons (Fsp3) is 0.133. The van der Waals surface area contributed by atoms with Crippen molar-refractivity contribution in [3.8, 4) is 0 Å². The van der Waals surface area contributed by atoms with Crippen LogP contribution in [0, 0.1) is 0 Å². The molecule has 3 aromatic rings. The van der Waals surface area contributed by atoms with E-state index in [2.05, 4.69) is 37.3 Å². The average molecular weight is 271 g/mol. The minimum atomic E-state index is -0.120. The first-order valence-electron chi connectivity index (χ1n) is 6.66. The quantitative estimate of drug-likeness (QED) is 0.671. The summed E-state index contributed by atoms with van der Waals surface area (Å²) in [6, 6.07) is 10.1. The minimum Gasteiger partial charge on any atom is -0.261 e. The highest BCUT2D eigenvalue weighted by Gasteiger charge is 2.23. The van der Waals surface area contributed by atoms with Crippen molar-refractivity contribution in [2.45, 2.75) is 12.5 Å². The topological polar surface area (TPSA) is 63.4 Å². The molecule has 0 saturated heterocycles. The normalized spacial score (nSPS) is 16.3. The lowest BCUT2D eigenvalue weighted by Gasteiger charge is -2.08. The van der Waals surface area contributed by atoms with E-state index >= 15 is 0 Å². The van der Waals surface area contributed by atoms with E-state index in [1.807, 2.05) is 18.2 Å². The van der Waals surface area contributed by atoms with Gasteiger partial charge in [-0.1, -0.05) is 12.1 Å². The summed E-state index contributed by atoms with van der Waals surface area (Å²) in [5.74, 6) is 0.566. The number of hydrogen-bond donors (Lipinski definition) is 0. The van der Waals surface area contributed by atoms with Gasteiger partial charge >= 0.3 is 0 Å². The Labute approximate surface area is 122 Å². The first-order chi connectivity index (χ1) is 10.3. The van der Waals surface area contributed by atoms with Gasteiger partial charge in [0.1, 0.15) is 19.6 Å². The number of azo groups is 1. The predicted molar refractivity (Wildman–Crippen MR) is 80.1 cm³/mol. The van der Waals surface area contributed by atoms with E-state index in [1.54, 1.807) is 6.20 Å². The Morgan fingerprint density at radius 3 is 3.05 bits per heavy atom. The maximum absolute atomic E-state index is 5.70. The summed E-state index contributed by atoms with van der Waals surface area (Å²) in [5, 5.41) is 9.43. The number of fused-ring (bicyclic) bond motifs is 2. The zero-order chi connectivity index (χ0) is 14.2. The number of aromatic nitrogens is 3. The van der Waals surface area contributed by atoms with E-state index in [4.69, 9.17) is 7.85 Å². The van der Waals surface area contributed by atoms with Gasteiger partial charge in [0.15, 0.2) is 5.82 Å². The molecule has 5 nitrogen and oxygen atoms in total. The summed E-state index contributed by atoms with van der Waals surface area (Å²) < 4.78 is 0. The summed E-state index contributed by atoms with van der Waals surface area (Å²) >= 11 is 0. The maximum atomic E-state index is 5.70. The maximum Gasteiger partial charge on any atom is 0.198 e. The van der Waals surface area contributed by atoms with Crippen molar-refractivity contribution in [3.63, 3.8) is 0 Å². The first-order valence-corrected chi connectivity index (χ1v) is 6.66. The van der Waals surface area contributed by atoms with E-state index in [0.29, 0.717) is 11.4 Å². The highest BCUT2D eigenvalue weighted by Crippen LogP contribution is 2.33. The summed E-state index contributed by atoms with van der Waals surface area (Å²) in [7, 11) is 5.70. The molecule has 6 heteroatoms. The molecule has 0 amide bonds. The fourth-order valence-electron chi connectivity index (χ4n) is 2.50. The third-order valence-electron chi connectivity index (χ3n) is 3.50. The van der Waals surface area contributed by atoms with Crippen LogP contribution in [0.1, 0.15) is 17.3 Å². The highest BCUT2D eigenvalue weighted by atomic mass is 15.2. The van der Waals surface area contributed by atoms with E-state index in [0.717, 1.165) is 28.6 Å². The second kappa shape index (κ2) is 4.73. The second-order valence-corrected chi connectivity index (χ2v) is 4.97. The van der Waals surface area contributed by atoms with Crippen molar-refractivity contribution >= 4 is 30.2 Å². The van der Waals surface area contributed by atoms with Crippen molar-refractivity contribution < 1.29 is 0 Å². The first kappa shape index (κ1) is 12.1. The second-order valence-electron chi connectivity index (χ2n) is 4.97. The monoisotopic (exact) mass is 271 g/mol. The molecule has 1 aliphatic heterocycles. The zero-order valence-corrected chi connectivity index (χ0v) is 11.1. The molecule has 1 unspecified atom stereocenters. The van der Waals surface area contributed by atoms with Gasteiger partial charge in [-0.25, -0.2) is 4.98 Å². The van der Waals surface area contributed by atoms with Gasteiger partial charge in [0.25, 0.3) is 0 Å². The Hall–Kier alpha value is -2.63. The van der Waals surface area contributed by atoms with Crippen LogP contribution < -0.4 is 5.59 Å². The average Bonchev–Trinajstić information content (AvgIpc) is 2.89. The summed E-state index contributed by atoms with van der Waals surface area (Å²) in [5.41, 5.74) is 3.30. The molecule has 0 bridgehead atoms. The van der Waals surface area contributed by atoms with Crippen LogP contribution in [0.5, 0.6) is 0 Å². The summed E-state index contributed by atoms with van der Waals surface area (Å²) in [6.45, 7) is 0. The molecule has 98 valence electrons. The predicted octanol–water partition coefficient (Wildman–Crippen LogP) is 2.20. The number of rotatable bonds is 2. The van der Waals surface area contributed by atoms with Gasteiger partial charge in [-0.05, 0) is 23.8 Å². The molecule has 0 saturated carbocycles. The molecule has 0 aliphatic carbocycles. The van der Waals surface area contributed by atoms with Gasteiger partial charge in [0.2, 0.25) is 0 Å². The number of nitrogens with zero attached hydrogens (tertiary/aromatic N) is 5. The molecule has 1 aliphatic rings. The Bertz CT molecular complexity index is 862. The molecular formula is C15H10BN5. The zero-order valence-electron chi connectivity index (χ0n) is 11.1. The SMILES string of the molecule is [B]c1cnc2c(n1)C(Cc1ccc3ncccc3c1)N=N2.